The highest BCUT2D eigenvalue weighted by atomic mass is 32.2. The van der Waals surface area contributed by atoms with Crippen molar-refractivity contribution in [3.63, 3.8) is 0 Å². The second kappa shape index (κ2) is 4.47. The van der Waals surface area contributed by atoms with Crippen molar-refractivity contribution >= 4 is 35.0 Å². The van der Waals surface area contributed by atoms with Crippen molar-refractivity contribution in [1.82, 2.24) is 0 Å². The molecule has 0 saturated heterocycles. The fourth-order valence-electron chi connectivity index (χ4n) is 1.03. The highest BCUT2D eigenvalue weighted by Crippen LogP contribution is 2.38. The van der Waals surface area contributed by atoms with Gasteiger partial charge in [-0.1, -0.05) is 20.8 Å². The summed E-state index contributed by atoms with van der Waals surface area (Å²) in [6.45, 7) is 5.84. The lowest BCUT2D eigenvalue weighted by Crippen LogP contribution is -2.07. The SMILES string of the molecule is CC(C)(C)Sc1cc(C(=O)O)sc1C(=O)O. The van der Waals surface area contributed by atoms with Crippen molar-refractivity contribution in [3.8, 4) is 0 Å². The molecule has 0 unspecified atom stereocenters. The predicted octanol–water partition coefficient (Wildman–Crippen LogP) is 3.04. The molecule has 0 atom stereocenters. The Hall–Kier alpha value is -1.01. The fraction of sp³-hybridized carbons (Fsp3) is 0.400. The monoisotopic (exact) mass is 260 g/mol. The molecule has 1 heterocycles. The van der Waals surface area contributed by atoms with Crippen molar-refractivity contribution < 1.29 is 19.8 Å². The van der Waals surface area contributed by atoms with Crippen molar-refractivity contribution in [1.29, 1.82) is 0 Å². The zero-order valence-electron chi connectivity index (χ0n) is 9.10. The van der Waals surface area contributed by atoms with Gasteiger partial charge in [-0.3, -0.25) is 0 Å². The van der Waals surface area contributed by atoms with Gasteiger partial charge in [-0.15, -0.1) is 23.1 Å². The Kier molecular flexibility index (Phi) is 3.64. The van der Waals surface area contributed by atoms with E-state index in [2.05, 4.69) is 0 Å². The van der Waals surface area contributed by atoms with Gasteiger partial charge in [0.15, 0.2) is 0 Å². The van der Waals surface area contributed by atoms with Crippen LogP contribution in [0.1, 0.15) is 40.1 Å². The number of carboxylic acids is 2. The van der Waals surface area contributed by atoms with Crippen LogP contribution in [0.4, 0.5) is 0 Å². The van der Waals surface area contributed by atoms with Crippen molar-refractivity contribution in [3.05, 3.63) is 15.8 Å². The van der Waals surface area contributed by atoms with E-state index >= 15 is 0 Å². The lowest BCUT2D eigenvalue weighted by Gasteiger charge is -2.16. The highest BCUT2D eigenvalue weighted by molar-refractivity contribution is 8.00. The molecule has 88 valence electrons. The van der Waals surface area contributed by atoms with Gasteiger partial charge in [-0.25, -0.2) is 9.59 Å². The number of rotatable bonds is 3. The van der Waals surface area contributed by atoms with E-state index in [0.29, 0.717) is 4.90 Å². The molecule has 0 bridgehead atoms. The lowest BCUT2D eigenvalue weighted by atomic mass is 10.3. The zero-order chi connectivity index (χ0) is 12.5. The lowest BCUT2D eigenvalue weighted by molar-refractivity contribution is 0.0690. The Bertz CT molecular complexity index is 429. The van der Waals surface area contributed by atoms with Gasteiger partial charge in [0.1, 0.15) is 9.75 Å². The molecule has 4 nitrogen and oxygen atoms in total. The highest BCUT2D eigenvalue weighted by Gasteiger charge is 2.23. The summed E-state index contributed by atoms with van der Waals surface area (Å²) in [6.07, 6.45) is 0. The second-order valence-corrected chi connectivity index (χ2v) is 7.05. The van der Waals surface area contributed by atoms with Crippen LogP contribution in [0.2, 0.25) is 0 Å². The minimum Gasteiger partial charge on any atom is -0.477 e. The van der Waals surface area contributed by atoms with Gasteiger partial charge in [0.05, 0.1) is 0 Å². The molecule has 0 saturated carbocycles. The standard InChI is InChI=1S/C10H12O4S2/c1-10(2,3)16-5-4-6(8(11)12)15-7(5)9(13)14/h4H,1-3H3,(H,11,12)(H,13,14). The third-order valence-corrected chi connectivity index (χ3v) is 3.91. The molecular formula is C10H12O4S2. The summed E-state index contributed by atoms with van der Waals surface area (Å²) in [5.41, 5.74) is 0. The van der Waals surface area contributed by atoms with Crippen LogP contribution in [-0.2, 0) is 0 Å². The molecule has 0 aliphatic heterocycles. The Morgan fingerprint density at radius 2 is 1.81 bits per heavy atom. The Balaban J connectivity index is 3.15. The van der Waals surface area contributed by atoms with Crippen LogP contribution in [0.3, 0.4) is 0 Å². The quantitative estimate of drug-likeness (QED) is 0.817. The molecule has 0 spiro atoms. The molecule has 16 heavy (non-hydrogen) atoms. The summed E-state index contributed by atoms with van der Waals surface area (Å²) < 4.78 is -0.152. The number of thiophene rings is 1. The fourth-order valence-corrected chi connectivity index (χ4v) is 3.11. The molecule has 0 aliphatic carbocycles. The van der Waals surface area contributed by atoms with E-state index < -0.39 is 11.9 Å². The maximum absolute atomic E-state index is 10.9. The van der Waals surface area contributed by atoms with E-state index in [9.17, 15) is 9.59 Å². The van der Waals surface area contributed by atoms with Crippen LogP contribution in [0.25, 0.3) is 0 Å². The predicted molar refractivity (Wildman–Crippen MR) is 63.8 cm³/mol. The van der Waals surface area contributed by atoms with Crippen LogP contribution in [0, 0.1) is 0 Å². The first-order valence-corrected chi connectivity index (χ1v) is 6.13. The summed E-state index contributed by atoms with van der Waals surface area (Å²) >= 11 is 2.16. The minimum absolute atomic E-state index is 0.0594. The normalized spacial score (nSPS) is 11.4. The molecule has 0 fully saturated rings. The van der Waals surface area contributed by atoms with Crippen LogP contribution >= 0.6 is 23.1 Å². The van der Waals surface area contributed by atoms with Gasteiger partial charge in [0.25, 0.3) is 0 Å². The van der Waals surface area contributed by atoms with Crippen LogP contribution in [-0.4, -0.2) is 26.9 Å². The number of carbonyl (C=O) groups is 2. The molecule has 0 amide bonds. The number of aromatic carboxylic acids is 2. The molecule has 1 aromatic heterocycles. The molecule has 1 rings (SSSR count). The van der Waals surface area contributed by atoms with Crippen molar-refractivity contribution in [2.45, 2.75) is 30.4 Å². The van der Waals surface area contributed by atoms with Crippen LogP contribution < -0.4 is 0 Å². The van der Waals surface area contributed by atoms with E-state index in [1.807, 2.05) is 20.8 Å². The summed E-state index contributed by atoms with van der Waals surface area (Å²) in [5.74, 6) is -2.17. The van der Waals surface area contributed by atoms with Crippen molar-refractivity contribution in [2.24, 2.45) is 0 Å². The summed E-state index contributed by atoms with van der Waals surface area (Å²) in [5, 5.41) is 17.8. The molecule has 1 aromatic rings. The molecule has 0 radical (unpaired) electrons. The van der Waals surface area contributed by atoms with E-state index in [1.54, 1.807) is 0 Å². The minimum atomic E-state index is -1.09. The number of thioether (sulfide) groups is 1. The summed E-state index contributed by atoms with van der Waals surface area (Å²) in [7, 11) is 0. The maximum atomic E-state index is 10.9. The van der Waals surface area contributed by atoms with Crippen LogP contribution in [0.15, 0.2) is 11.0 Å². The first-order valence-electron chi connectivity index (χ1n) is 4.50. The number of carboxylic acid groups (broad SMARTS) is 2. The Morgan fingerprint density at radius 3 is 2.19 bits per heavy atom. The van der Waals surface area contributed by atoms with Gasteiger partial charge in [-0.2, -0.15) is 0 Å². The average Bonchev–Trinajstić information content (AvgIpc) is 2.44. The van der Waals surface area contributed by atoms with Gasteiger partial charge in [-0.05, 0) is 6.07 Å². The molecule has 0 aromatic carbocycles. The van der Waals surface area contributed by atoms with Gasteiger partial charge >= 0.3 is 11.9 Å². The molecular weight excluding hydrogens is 248 g/mol. The molecule has 0 aliphatic rings. The van der Waals surface area contributed by atoms with Gasteiger partial charge in [0, 0.05) is 9.64 Å². The van der Waals surface area contributed by atoms with Crippen LogP contribution in [0.5, 0.6) is 0 Å². The van der Waals surface area contributed by atoms with Gasteiger partial charge in [0.2, 0.25) is 0 Å². The van der Waals surface area contributed by atoms with E-state index in [0.717, 1.165) is 11.3 Å². The zero-order valence-corrected chi connectivity index (χ0v) is 10.7. The topological polar surface area (TPSA) is 74.6 Å². The molecule has 2 N–H and O–H groups in total. The summed E-state index contributed by atoms with van der Waals surface area (Å²) in [6, 6.07) is 1.42. The van der Waals surface area contributed by atoms with E-state index in [1.165, 1.54) is 17.8 Å². The summed E-state index contributed by atoms with van der Waals surface area (Å²) in [4.78, 5) is 22.4. The first kappa shape index (κ1) is 13.1. The third-order valence-electron chi connectivity index (χ3n) is 1.52. The number of hydrogen-bond donors (Lipinski definition) is 2. The molecule has 6 heteroatoms. The first-order chi connectivity index (χ1) is 7.20. The van der Waals surface area contributed by atoms with E-state index in [4.69, 9.17) is 10.2 Å². The average molecular weight is 260 g/mol. The van der Waals surface area contributed by atoms with Crippen molar-refractivity contribution in [2.75, 3.05) is 0 Å². The Labute approximate surface area is 101 Å². The second-order valence-electron chi connectivity index (χ2n) is 4.13. The van der Waals surface area contributed by atoms with E-state index in [-0.39, 0.29) is 14.5 Å². The number of hydrogen-bond acceptors (Lipinski definition) is 4. The maximum Gasteiger partial charge on any atom is 0.347 e. The third kappa shape index (κ3) is 3.24. The smallest absolute Gasteiger partial charge is 0.347 e. The van der Waals surface area contributed by atoms with Gasteiger partial charge < -0.3 is 10.2 Å². The largest absolute Gasteiger partial charge is 0.477 e. The Morgan fingerprint density at radius 1 is 1.25 bits per heavy atom.